The van der Waals surface area contributed by atoms with Gasteiger partial charge in [0.1, 0.15) is 11.6 Å². The average Bonchev–Trinajstić information content (AvgIpc) is 3.02. The van der Waals surface area contributed by atoms with Gasteiger partial charge in [-0.3, -0.25) is 4.79 Å². The number of rotatable bonds is 2. The molecule has 2 saturated heterocycles. The lowest BCUT2D eigenvalue weighted by atomic mass is 9.80. The van der Waals surface area contributed by atoms with Crippen LogP contribution in [0.2, 0.25) is 0 Å². The highest BCUT2D eigenvalue weighted by Crippen LogP contribution is 2.35. The van der Waals surface area contributed by atoms with Crippen LogP contribution in [-0.2, 0) is 9.53 Å². The highest BCUT2D eigenvalue weighted by molar-refractivity contribution is 5.90. The molecule has 2 aliphatic heterocycles. The Hall–Kier alpha value is -1.34. The number of carbonyl (C=O) groups excluding carboxylic acids is 1. The van der Waals surface area contributed by atoms with Crippen molar-refractivity contribution < 1.29 is 24.5 Å². The van der Waals surface area contributed by atoms with E-state index in [0.29, 0.717) is 25.8 Å². The Morgan fingerprint density at radius 1 is 1.24 bits per heavy atom. The molecular weight excluding hydrogens is 276 g/mol. The van der Waals surface area contributed by atoms with Crippen LogP contribution in [0.15, 0.2) is 0 Å². The van der Waals surface area contributed by atoms with Crippen LogP contribution < -0.4 is 5.32 Å². The number of likely N-dealkylation sites (tertiary alicyclic amines) is 1. The maximum absolute atomic E-state index is 13.0. The van der Waals surface area contributed by atoms with E-state index in [0.717, 1.165) is 19.3 Å². The van der Waals surface area contributed by atoms with Crippen LogP contribution in [0.3, 0.4) is 0 Å². The van der Waals surface area contributed by atoms with Crippen molar-refractivity contribution in [3.8, 4) is 0 Å². The van der Waals surface area contributed by atoms with Gasteiger partial charge in [0.15, 0.2) is 0 Å². The maximum atomic E-state index is 13.0. The van der Waals surface area contributed by atoms with Crippen LogP contribution >= 0.6 is 0 Å². The van der Waals surface area contributed by atoms with Gasteiger partial charge in [0.25, 0.3) is 0 Å². The van der Waals surface area contributed by atoms with Crippen LogP contribution in [0.25, 0.3) is 0 Å². The number of fused-ring (bicyclic) bond motifs is 1. The number of hydrogen-bond acceptors (Lipinski definition) is 4. The molecule has 0 aromatic carbocycles. The summed E-state index contributed by atoms with van der Waals surface area (Å²) in [5, 5.41) is 21.6. The molecule has 1 aliphatic carbocycles. The SMILES string of the molecule is O=C(O)NC1(C(=O)N2CC[C@H]3OC[C@H](O)[C@H]32)CCCCC1. The molecule has 0 radical (unpaired) electrons. The molecule has 0 aromatic heterocycles. The lowest BCUT2D eigenvalue weighted by molar-refractivity contribution is -0.142. The summed E-state index contributed by atoms with van der Waals surface area (Å²) in [5.74, 6) is -0.193. The summed E-state index contributed by atoms with van der Waals surface area (Å²) in [4.78, 5) is 25.8. The summed E-state index contributed by atoms with van der Waals surface area (Å²) in [5.41, 5.74) is -1.03. The molecule has 21 heavy (non-hydrogen) atoms. The highest BCUT2D eigenvalue weighted by Gasteiger charge is 2.52. The summed E-state index contributed by atoms with van der Waals surface area (Å²) >= 11 is 0. The van der Waals surface area contributed by atoms with Crippen molar-refractivity contribution in [3.63, 3.8) is 0 Å². The van der Waals surface area contributed by atoms with Crippen molar-refractivity contribution in [1.29, 1.82) is 0 Å². The largest absolute Gasteiger partial charge is 0.465 e. The summed E-state index contributed by atoms with van der Waals surface area (Å²) in [6.45, 7) is 0.771. The van der Waals surface area contributed by atoms with Crippen molar-refractivity contribution in [2.75, 3.05) is 13.2 Å². The van der Waals surface area contributed by atoms with Gasteiger partial charge in [-0.15, -0.1) is 0 Å². The molecule has 0 bridgehead atoms. The molecule has 7 nitrogen and oxygen atoms in total. The molecular formula is C14H22N2O5. The third-order valence-corrected chi connectivity index (χ3v) is 4.99. The third-order valence-electron chi connectivity index (χ3n) is 4.99. The fourth-order valence-electron chi connectivity index (χ4n) is 4.01. The van der Waals surface area contributed by atoms with Gasteiger partial charge in [0.05, 0.1) is 18.8 Å². The topological polar surface area (TPSA) is 99.1 Å². The van der Waals surface area contributed by atoms with Crippen LogP contribution in [-0.4, -0.2) is 64.1 Å². The fraction of sp³-hybridized carbons (Fsp3) is 0.857. The first kappa shape index (κ1) is 14.6. The lowest BCUT2D eigenvalue weighted by Gasteiger charge is -2.40. The van der Waals surface area contributed by atoms with Crippen LogP contribution in [0.5, 0.6) is 0 Å². The molecule has 0 aromatic rings. The molecule has 3 N–H and O–H groups in total. The van der Waals surface area contributed by atoms with Gasteiger partial charge in [-0.1, -0.05) is 19.3 Å². The normalized spacial score (nSPS) is 34.5. The number of nitrogens with one attached hydrogen (secondary N) is 1. The van der Waals surface area contributed by atoms with Gasteiger partial charge in [-0.05, 0) is 19.3 Å². The molecule has 1 saturated carbocycles. The second-order valence-electron chi connectivity index (χ2n) is 6.29. The number of carbonyl (C=O) groups is 2. The Kier molecular flexibility index (Phi) is 3.79. The Morgan fingerprint density at radius 3 is 2.62 bits per heavy atom. The molecule has 3 fully saturated rings. The van der Waals surface area contributed by atoms with E-state index in [-0.39, 0.29) is 24.7 Å². The zero-order valence-corrected chi connectivity index (χ0v) is 12.0. The molecule has 7 heteroatoms. The Balaban J connectivity index is 1.82. The van der Waals surface area contributed by atoms with Gasteiger partial charge >= 0.3 is 6.09 Å². The van der Waals surface area contributed by atoms with E-state index in [1.165, 1.54) is 0 Å². The molecule has 3 rings (SSSR count). The standard InChI is InChI=1S/C14H22N2O5/c17-9-8-21-10-4-7-16(11(9)10)12(18)14(15-13(19)20)5-2-1-3-6-14/h9-11,15,17H,1-8H2,(H,19,20)/t9-,10+,11+/m0/s1. The van der Waals surface area contributed by atoms with Crippen molar-refractivity contribution >= 4 is 12.0 Å². The number of ether oxygens (including phenoxy) is 1. The van der Waals surface area contributed by atoms with Gasteiger partial charge in [-0.25, -0.2) is 4.79 Å². The minimum Gasteiger partial charge on any atom is -0.465 e. The first-order chi connectivity index (χ1) is 10.0. The number of amides is 2. The molecule has 2 amide bonds. The summed E-state index contributed by atoms with van der Waals surface area (Å²) in [7, 11) is 0. The quantitative estimate of drug-likeness (QED) is 0.682. The van der Waals surface area contributed by atoms with Crippen molar-refractivity contribution in [2.24, 2.45) is 0 Å². The third kappa shape index (κ3) is 2.48. The molecule has 2 heterocycles. The van der Waals surface area contributed by atoms with E-state index in [4.69, 9.17) is 9.84 Å². The highest BCUT2D eigenvalue weighted by atomic mass is 16.5. The van der Waals surface area contributed by atoms with Crippen LogP contribution in [0.4, 0.5) is 4.79 Å². The lowest BCUT2D eigenvalue weighted by Crippen LogP contribution is -2.62. The predicted octanol–water partition coefficient (Wildman–Crippen LogP) is 0.317. The Morgan fingerprint density at radius 2 is 1.95 bits per heavy atom. The first-order valence-electron chi connectivity index (χ1n) is 7.65. The summed E-state index contributed by atoms with van der Waals surface area (Å²) in [6.07, 6.45) is 2.52. The maximum Gasteiger partial charge on any atom is 0.405 e. The number of nitrogens with zero attached hydrogens (tertiary/aromatic N) is 1. The smallest absolute Gasteiger partial charge is 0.405 e. The molecule has 118 valence electrons. The predicted molar refractivity (Wildman–Crippen MR) is 72.8 cm³/mol. The van der Waals surface area contributed by atoms with Crippen molar-refractivity contribution in [1.82, 2.24) is 10.2 Å². The number of hydrogen-bond donors (Lipinski definition) is 3. The molecule has 3 atom stereocenters. The second kappa shape index (κ2) is 5.46. The van der Waals surface area contributed by atoms with E-state index < -0.39 is 17.7 Å². The summed E-state index contributed by atoms with van der Waals surface area (Å²) < 4.78 is 5.49. The zero-order chi connectivity index (χ0) is 15.0. The van der Waals surface area contributed by atoms with Gasteiger partial charge in [0, 0.05) is 6.54 Å². The number of aliphatic hydroxyl groups is 1. The fourth-order valence-corrected chi connectivity index (χ4v) is 4.01. The molecule has 0 spiro atoms. The Labute approximate surface area is 123 Å². The van der Waals surface area contributed by atoms with E-state index >= 15 is 0 Å². The van der Waals surface area contributed by atoms with Gasteiger partial charge < -0.3 is 25.2 Å². The first-order valence-corrected chi connectivity index (χ1v) is 7.65. The summed E-state index contributed by atoms with van der Waals surface area (Å²) in [6, 6.07) is -0.327. The average molecular weight is 298 g/mol. The van der Waals surface area contributed by atoms with Gasteiger partial charge in [-0.2, -0.15) is 0 Å². The Bertz CT molecular complexity index is 435. The van der Waals surface area contributed by atoms with Crippen LogP contribution in [0.1, 0.15) is 38.5 Å². The minimum atomic E-state index is -1.16. The number of aliphatic hydroxyl groups excluding tert-OH is 1. The van der Waals surface area contributed by atoms with Crippen molar-refractivity contribution in [2.45, 2.75) is 62.3 Å². The van der Waals surface area contributed by atoms with E-state index in [2.05, 4.69) is 5.32 Å². The minimum absolute atomic E-state index is 0.116. The van der Waals surface area contributed by atoms with Crippen molar-refractivity contribution in [3.05, 3.63) is 0 Å². The van der Waals surface area contributed by atoms with Crippen LogP contribution in [0, 0.1) is 0 Å². The van der Waals surface area contributed by atoms with E-state index in [1.807, 2.05) is 0 Å². The second-order valence-corrected chi connectivity index (χ2v) is 6.29. The van der Waals surface area contributed by atoms with E-state index in [1.54, 1.807) is 4.90 Å². The molecule has 0 unspecified atom stereocenters. The van der Waals surface area contributed by atoms with Gasteiger partial charge in [0.2, 0.25) is 5.91 Å². The number of carboxylic acid groups (broad SMARTS) is 1. The molecule has 3 aliphatic rings. The van der Waals surface area contributed by atoms with E-state index in [9.17, 15) is 14.7 Å². The zero-order valence-electron chi connectivity index (χ0n) is 12.0. The monoisotopic (exact) mass is 298 g/mol.